The molecule has 0 amide bonds. The lowest BCUT2D eigenvalue weighted by molar-refractivity contribution is 0.487. The molecule has 1 saturated heterocycles. The Bertz CT molecular complexity index is 676. The third-order valence-electron chi connectivity index (χ3n) is 6.08. The standard InChI is InChI=1S/C18H16S2/c1-3-13-16-10(12-6-8-20-18(12)13)2-4-14-15(16)9(1)11-5-7-19-17(11)14/h1-5,7,9,11-12,15,17-18H,6,8H2. The van der Waals surface area contributed by atoms with Crippen molar-refractivity contribution in [3.05, 3.63) is 58.1 Å². The molecule has 4 aliphatic carbocycles. The number of rotatable bonds is 0. The van der Waals surface area contributed by atoms with Crippen LogP contribution in [0.15, 0.2) is 58.1 Å². The molecular formula is C18H16S2. The van der Waals surface area contributed by atoms with Gasteiger partial charge in [0.2, 0.25) is 0 Å². The minimum atomic E-state index is 0.729. The molecule has 6 atom stereocenters. The summed E-state index contributed by atoms with van der Waals surface area (Å²) in [5.74, 6) is 4.40. The third-order valence-corrected chi connectivity index (χ3v) is 8.68. The second-order valence-electron chi connectivity index (χ2n) is 6.72. The molecule has 6 unspecified atom stereocenters. The molecule has 6 rings (SSSR count). The van der Waals surface area contributed by atoms with Gasteiger partial charge in [-0.1, -0.05) is 30.4 Å². The van der Waals surface area contributed by atoms with Gasteiger partial charge in [0.05, 0.1) is 0 Å². The molecule has 2 heterocycles. The van der Waals surface area contributed by atoms with Crippen molar-refractivity contribution in [3.63, 3.8) is 0 Å². The second kappa shape index (κ2) is 3.59. The van der Waals surface area contributed by atoms with Gasteiger partial charge in [-0.3, -0.25) is 0 Å². The van der Waals surface area contributed by atoms with Crippen LogP contribution in [0, 0.1) is 23.7 Å². The van der Waals surface area contributed by atoms with Gasteiger partial charge in [0.25, 0.3) is 0 Å². The molecule has 0 aromatic rings. The van der Waals surface area contributed by atoms with Crippen molar-refractivity contribution in [1.82, 2.24) is 0 Å². The summed E-state index contributed by atoms with van der Waals surface area (Å²) in [4.78, 5) is 0. The molecule has 0 aromatic carbocycles. The molecule has 0 radical (unpaired) electrons. The first-order valence-electron chi connectivity index (χ1n) is 7.71. The van der Waals surface area contributed by atoms with Gasteiger partial charge >= 0.3 is 0 Å². The van der Waals surface area contributed by atoms with Crippen molar-refractivity contribution in [1.29, 1.82) is 0 Å². The predicted octanol–water partition coefficient (Wildman–Crippen LogP) is 4.35. The molecule has 0 spiro atoms. The molecule has 2 heteroatoms. The number of hydrogen-bond acceptors (Lipinski definition) is 2. The Morgan fingerprint density at radius 1 is 1.05 bits per heavy atom. The van der Waals surface area contributed by atoms with E-state index in [0.29, 0.717) is 0 Å². The lowest BCUT2D eigenvalue weighted by Gasteiger charge is -2.30. The van der Waals surface area contributed by atoms with Gasteiger partial charge in [-0.25, -0.2) is 0 Å². The molecule has 0 N–H and O–H groups in total. The number of hydrogen-bond donors (Lipinski definition) is 0. The summed E-state index contributed by atoms with van der Waals surface area (Å²) < 4.78 is 0. The van der Waals surface area contributed by atoms with E-state index in [0.717, 1.165) is 34.2 Å². The highest BCUT2D eigenvalue weighted by molar-refractivity contribution is 8.03. The largest absolute Gasteiger partial charge is 0.153 e. The van der Waals surface area contributed by atoms with Crippen LogP contribution < -0.4 is 0 Å². The quantitative estimate of drug-likeness (QED) is 0.652. The van der Waals surface area contributed by atoms with E-state index in [9.17, 15) is 0 Å². The highest BCUT2D eigenvalue weighted by Crippen LogP contribution is 2.64. The first kappa shape index (κ1) is 11.0. The number of fused-ring (bicyclic) bond motifs is 6. The number of allylic oxidation sites excluding steroid dienone is 7. The molecule has 20 heavy (non-hydrogen) atoms. The number of thioether (sulfide) groups is 2. The molecular weight excluding hydrogens is 280 g/mol. The summed E-state index contributed by atoms with van der Waals surface area (Å²) in [5.41, 5.74) is 6.90. The Morgan fingerprint density at radius 3 is 3.05 bits per heavy atom. The van der Waals surface area contributed by atoms with Gasteiger partial charge in [-0.15, -0.1) is 11.8 Å². The van der Waals surface area contributed by atoms with E-state index in [4.69, 9.17) is 0 Å². The van der Waals surface area contributed by atoms with Crippen molar-refractivity contribution in [3.8, 4) is 0 Å². The van der Waals surface area contributed by atoms with Crippen LogP contribution in [0.5, 0.6) is 0 Å². The monoisotopic (exact) mass is 296 g/mol. The summed E-state index contributed by atoms with van der Waals surface area (Å²) in [5, 5.41) is 3.85. The Balaban J connectivity index is 1.60. The van der Waals surface area contributed by atoms with Crippen molar-refractivity contribution < 1.29 is 0 Å². The maximum absolute atomic E-state index is 2.56. The zero-order valence-corrected chi connectivity index (χ0v) is 12.8. The highest BCUT2D eigenvalue weighted by Gasteiger charge is 2.55. The summed E-state index contributed by atoms with van der Waals surface area (Å²) >= 11 is 4.25. The Hall–Kier alpha value is -0.600. The first-order chi connectivity index (χ1) is 9.93. The average Bonchev–Trinajstić information content (AvgIpc) is 3.18. The molecule has 0 aromatic heterocycles. The minimum absolute atomic E-state index is 0.729. The van der Waals surface area contributed by atoms with Crippen molar-refractivity contribution in [2.45, 2.75) is 16.9 Å². The van der Waals surface area contributed by atoms with Gasteiger partial charge < -0.3 is 0 Å². The third kappa shape index (κ3) is 1.09. The van der Waals surface area contributed by atoms with E-state index in [1.165, 1.54) is 12.2 Å². The predicted molar refractivity (Wildman–Crippen MR) is 87.7 cm³/mol. The van der Waals surface area contributed by atoms with Crippen LogP contribution in [-0.4, -0.2) is 16.3 Å². The zero-order chi connectivity index (χ0) is 12.8. The van der Waals surface area contributed by atoms with Crippen LogP contribution >= 0.6 is 23.5 Å². The normalized spacial score (nSPS) is 49.2. The molecule has 2 fully saturated rings. The topological polar surface area (TPSA) is 0 Å². The van der Waals surface area contributed by atoms with Crippen molar-refractivity contribution in [2.75, 3.05) is 5.75 Å². The molecule has 100 valence electrons. The maximum atomic E-state index is 2.56. The average molecular weight is 296 g/mol. The van der Waals surface area contributed by atoms with E-state index < -0.39 is 0 Å². The van der Waals surface area contributed by atoms with Gasteiger partial charge in [-0.2, -0.15) is 11.8 Å². The summed E-state index contributed by atoms with van der Waals surface area (Å²) in [6.45, 7) is 0. The fourth-order valence-corrected chi connectivity index (χ4v) is 8.18. The molecule has 2 aliphatic heterocycles. The van der Waals surface area contributed by atoms with Crippen LogP contribution in [0.3, 0.4) is 0 Å². The second-order valence-corrected chi connectivity index (χ2v) is 9.02. The molecule has 6 aliphatic rings. The smallest absolute Gasteiger partial charge is 0.0376 e. The lowest BCUT2D eigenvalue weighted by Crippen LogP contribution is -2.20. The lowest BCUT2D eigenvalue weighted by atomic mass is 9.74. The van der Waals surface area contributed by atoms with E-state index in [2.05, 4.69) is 59.3 Å². The van der Waals surface area contributed by atoms with E-state index in [1.54, 1.807) is 22.3 Å². The zero-order valence-electron chi connectivity index (χ0n) is 11.2. The Labute approximate surface area is 128 Å². The fraction of sp³-hybridized carbons (Fsp3) is 0.444. The Morgan fingerprint density at radius 2 is 2.05 bits per heavy atom. The minimum Gasteiger partial charge on any atom is -0.153 e. The van der Waals surface area contributed by atoms with E-state index in [1.807, 2.05) is 0 Å². The van der Waals surface area contributed by atoms with Crippen molar-refractivity contribution >= 4 is 23.5 Å². The van der Waals surface area contributed by atoms with Crippen LogP contribution in [0.1, 0.15) is 6.42 Å². The SMILES string of the molecule is C1=CC2C(S1)C1=CC=C3C4=C(C=CC2C14)C1SCCC31. The molecule has 0 nitrogen and oxygen atoms in total. The summed E-state index contributed by atoms with van der Waals surface area (Å²) in [6, 6.07) is 0. The molecule has 1 saturated carbocycles. The van der Waals surface area contributed by atoms with E-state index >= 15 is 0 Å². The van der Waals surface area contributed by atoms with Gasteiger partial charge in [0.15, 0.2) is 0 Å². The molecule has 0 bridgehead atoms. The fourth-order valence-electron chi connectivity index (χ4n) is 5.35. The summed E-state index contributed by atoms with van der Waals surface area (Å²) in [6.07, 6.45) is 13.9. The van der Waals surface area contributed by atoms with Gasteiger partial charge in [0, 0.05) is 28.3 Å². The summed E-state index contributed by atoms with van der Waals surface area (Å²) in [7, 11) is 0. The van der Waals surface area contributed by atoms with E-state index in [-0.39, 0.29) is 0 Å². The highest BCUT2D eigenvalue weighted by atomic mass is 32.2. The van der Waals surface area contributed by atoms with Crippen LogP contribution in [0.4, 0.5) is 0 Å². The van der Waals surface area contributed by atoms with Gasteiger partial charge in [-0.05, 0) is 45.8 Å². The van der Waals surface area contributed by atoms with Gasteiger partial charge in [0.1, 0.15) is 0 Å². The van der Waals surface area contributed by atoms with Crippen LogP contribution in [0.25, 0.3) is 0 Å². The first-order valence-corrected chi connectivity index (χ1v) is 9.70. The Kier molecular flexibility index (Phi) is 1.98. The van der Waals surface area contributed by atoms with Crippen molar-refractivity contribution in [2.24, 2.45) is 23.7 Å². The maximum Gasteiger partial charge on any atom is 0.0376 e. The van der Waals surface area contributed by atoms with Crippen LogP contribution in [-0.2, 0) is 0 Å². The van der Waals surface area contributed by atoms with Crippen LogP contribution in [0.2, 0.25) is 0 Å².